The molecule has 3 aromatic rings. The molecule has 2 aromatic carbocycles. The van der Waals surface area contributed by atoms with Gasteiger partial charge in [0.1, 0.15) is 11.6 Å². The van der Waals surface area contributed by atoms with Crippen LogP contribution in [0.5, 0.6) is 0 Å². The SMILES string of the molecule is CC(C)n1cnc2c(c1=O)[C@@H](Cc1cccc(-c3ccccc3F)c1F)[C@@H](NS(=O)(=O)C1(F)CC1)CC2. The van der Waals surface area contributed by atoms with Gasteiger partial charge >= 0.3 is 0 Å². The molecule has 2 aliphatic rings. The Balaban J connectivity index is 1.60. The van der Waals surface area contributed by atoms with Crippen LogP contribution in [0.2, 0.25) is 0 Å². The number of fused-ring (bicyclic) bond motifs is 1. The van der Waals surface area contributed by atoms with E-state index >= 15 is 4.39 Å². The number of nitrogens with one attached hydrogen (secondary N) is 1. The number of nitrogens with zero attached hydrogens (tertiary/aromatic N) is 2. The van der Waals surface area contributed by atoms with Crippen LogP contribution < -0.4 is 10.3 Å². The van der Waals surface area contributed by atoms with Crippen LogP contribution in [0.1, 0.15) is 61.9 Å². The fourth-order valence-electron chi connectivity index (χ4n) is 5.07. The van der Waals surface area contributed by atoms with Crippen LogP contribution in [0.3, 0.4) is 0 Å². The second kappa shape index (κ2) is 9.40. The van der Waals surface area contributed by atoms with E-state index in [0.29, 0.717) is 17.7 Å². The van der Waals surface area contributed by atoms with E-state index in [1.54, 1.807) is 12.1 Å². The lowest BCUT2D eigenvalue weighted by Crippen LogP contribution is -2.48. The van der Waals surface area contributed by atoms with Crippen molar-refractivity contribution in [1.82, 2.24) is 14.3 Å². The lowest BCUT2D eigenvalue weighted by atomic mass is 9.78. The van der Waals surface area contributed by atoms with Gasteiger partial charge in [-0.15, -0.1) is 0 Å². The Morgan fingerprint density at radius 2 is 1.81 bits per heavy atom. The average Bonchev–Trinajstić information content (AvgIpc) is 3.61. The topological polar surface area (TPSA) is 81.1 Å². The number of rotatable bonds is 7. The van der Waals surface area contributed by atoms with Gasteiger partial charge in [-0.1, -0.05) is 36.4 Å². The number of alkyl halides is 1. The molecule has 0 saturated heterocycles. The van der Waals surface area contributed by atoms with Crippen molar-refractivity contribution in [3.63, 3.8) is 0 Å². The molecule has 196 valence electrons. The molecule has 1 saturated carbocycles. The van der Waals surface area contributed by atoms with Gasteiger partial charge in [0.15, 0.2) is 0 Å². The van der Waals surface area contributed by atoms with E-state index in [1.807, 2.05) is 13.8 Å². The summed E-state index contributed by atoms with van der Waals surface area (Å²) in [5.74, 6) is -2.02. The summed E-state index contributed by atoms with van der Waals surface area (Å²) in [6, 6.07) is 9.41. The molecular weight excluding hydrogens is 503 g/mol. The smallest absolute Gasteiger partial charge is 0.257 e. The normalized spacial score (nSPS) is 20.6. The van der Waals surface area contributed by atoms with Crippen LogP contribution in [-0.2, 0) is 22.9 Å². The largest absolute Gasteiger partial charge is 0.296 e. The summed E-state index contributed by atoms with van der Waals surface area (Å²) in [5, 5.41) is -2.32. The van der Waals surface area contributed by atoms with E-state index in [4.69, 9.17) is 0 Å². The van der Waals surface area contributed by atoms with Crippen LogP contribution in [0, 0.1) is 11.6 Å². The second-order valence-corrected chi connectivity index (χ2v) is 12.1. The molecule has 10 heteroatoms. The molecule has 2 atom stereocenters. The van der Waals surface area contributed by atoms with Crippen molar-refractivity contribution < 1.29 is 21.6 Å². The molecule has 2 aliphatic carbocycles. The summed E-state index contributed by atoms with van der Waals surface area (Å²) in [5.41, 5.74) is 0.851. The standard InChI is InChI=1S/C27H28F3N3O3S/c1-16(2)33-15-31-23-11-10-22(32-37(35,36)27(30)12-13-27)20(24(23)26(33)34)14-17-6-5-8-19(25(17)29)18-7-3-4-9-21(18)28/h3-9,15-16,20,22,32H,10-14H2,1-2H3/t20-,22-/m0/s1. The maximum Gasteiger partial charge on any atom is 0.257 e. The van der Waals surface area contributed by atoms with Gasteiger partial charge in [-0.2, -0.15) is 0 Å². The molecule has 0 bridgehead atoms. The van der Waals surface area contributed by atoms with Crippen molar-refractivity contribution in [2.24, 2.45) is 0 Å². The highest BCUT2D eigenvalue weighted by Gasteiger charge is 2.57. The molecule has 0 unspecified atom stereocenters. The Morgan fingerprint density at radius 1 is 1.11 bits per heavy atom. The maximum absolute atomic E-state index is 15.8. The number of benzene rings is 2. The zero-order valence-electron chi connectivity index (χ0n) is 20.5. The van der Waals surface area contributed by atoms with E-state index in [0.717, 1.165) is 0 Å². The minimum absolute atomic E-state index is 0.0490. The average molecular weight is 532 g/mol. The van der Waals surface area contributed by atoms with Gasteiger partial charge in [0.05, 0.1) is 12.0 Å². The Morgan fingerprint density at radius 3 is 2.49 bits per heavy atom. The van der Waals surface area contributed by atoms with Gasteiger partial charge < -0.3 is 0 Å². The maximum atomic E-state index is 15.8. The second-order valence-electron chi connectivity index (χ2n) is 10.1. The molecule has 0 spiro atoms. The molecule has 0 amide bonds. The van der Waals surface area contributed by atoms with Gasteiger partial charge in [0.25, 0.3) is 5.56 Å². The van der Waals surface area contributed by atoms with Crippen molar-refractivity contribution in [2.75, 3.05) is 0 Å². The zero-order valence-corrected chi connectivity index (χ0v) is 21.4. The first-order valence-corrected chi connectivity index (χ1v) is 13.8. The highest BCUT2D eigenvalue weighted by atomic mass is 32.2. The molecule has 1 N–H and O–H groups in total. The fourth-order valence-corrected chi connectivity index (χ4v) is 6.60. The minimum atomic E-state index is -4.31. The predicted molar refractivity (Wildman–Crippen MR) is 134 cm³/mol. The van der Waals surface area contributed by atoms with E-state index < -0.39 is 38.6 Å². The molecule has 1 fully saturated rings. The number of aromatic nitrogens is 2. The lowest BCUT2D eigenvalue weighted by Gasteiger charge is -2.34. The van der Waals surface area contributed by atoms with Gasteiger partial charge in [0, 0.05) is 47.5 Å². The fraction of sp³-hybridized carbons (Fsp3) is 0.407. The third kappa shape index (κ3) is 4.61. The van der Waals surface area contributed by atoms with Crippen molar-refractivity contribution in [3.05, 3.63) is 87.6 Å². The van der Waals surface area contributed by atoms with Gasteiger partial charge in [-0.3, -0.25) is 9.36 Å². The van der Waals surface area contributed by atoms with Crippen LogP contribution in [0.25, 0.3) is 11.1 Å². The Bertz CT molecular complexity index is 1520. The summed E-state index contributed by atoms with van der Waals surface area (Å²) in [4.78, 5) is 18.0. The minimum Gasteiger partial charge on any atom is -0.296 e. The first-order chi connectivity index (χ1) is 17.5. The highest BCUT2D eigenvalue weighted by Crippen LogP contribution is 2.45. The van der Waals surface area contributed by atoms with E-state index in [-0.39, 0.29) is 54.0 Å². The summed E-state index contributed by atoms with van der Waals surface area (Å²) >= 11 is 0. The molecule has 0 radical (unpaired) electrons. The molecule has 1 aromatic heterocycles. The van der Waals surface area contributed by atoms with Crippen LogP contribution in [0.4, 0.5) is 13.2 Å². The van der Waals surface area contributed by atoms with E-state index in [9.17, 15) is 22.0 Å². The first kappa shape index (κ1) is 25.7. The quantitative estimate of drug-likeness (QED) is 0.476. The Kier molecular flexibility index (Phi) is 6.52. The molecular formula is C27H28F3N3O3S. The Hall–Kier alpha value is -2.98. The highest BCUT2D eigenvalue weighted by molar-refractivity contribution is 7.91. The van der Waals surface area contributed by atoms with Crippen molar-refractivity contribution >= 4 is 10.0 Å². The molecule has 1 heterocycles. The first-order valence-electron chi connectivity index (χ1n) is 12.4. The molecule has 0 aliphatic heterocycles. The van der Waals surface area contributed by atoms with E-state index in [2.05, 4.69) is 9.71 Å². The van der Waals surface area contributed by atoms with Crippen molar-refractivity contribution in [2.45, 2.75) is 69.0 Å². The number of aryl methyl sites for hydroxylation is 1. The summed E-state index contributed by atoms with van der Waals surface area (Å²) in [6.07, 6.45) is 1.85. The van der Waals surface area contributed by atoms with Crippen molar-refractivity contribution in [3.8, 4) is 11.1 Å². The Labute approximate surface area is 213 Å². The van der Waals surface area contributed by atoms with Gasteiger partial charge in [-0.25, -0.2) is 31.3 Å². The molecule has 6 nitrogen and oxygen atoms in total. The summed E-state index contributed by atoms with van der Waals surface area (Å²) < 4.78 is 74.4. The third-order valence-corrected chi connectivity index (χ3v) is 9.32. The predicted octanol–water partition coefficient (Wildman–Crippen LogP) is 4.79. The van der Waals surface area contributed by atoms with Crippen molar-refractivity contribution in [1.29, 1.82) is 0 Å². The number of halogens is 3. The van der Waals surface area contributed by atoms with E-state index in [1.165, 1.54) is 41.2 Å². The molecule has 37 heavy (non-hydrogen) atoms. The zero-order chi connectivity index (χ0) is 26.5. The van der Waals surface area contributed by atoms with Crippen LogP contribution in [-0.4, -0.2) is 29.0 Å². The van der Waals surface area contributed by atoms with Gasteiger partial charge in [0.2, 0.25) is 15.0 Å². The van der Waals surface area contributed by atoms with Crippen LogP contribution >= 0.6 is 0 Å². The summed E-state index contributed by atoms with van der Waals surface area (Å²) in [7, 11) is -4.31. The van der Waals surface area contributed by atoms with Gasteiger partial charge in [-0.05, 0) is 44.7 Å². The lowest BCUT2D eigenvalue weighted by molar-refractivity contribution is 0.371. The number of hydrogen-bond donors (Lipinski definition) is 1. The number of sulfonamides is 1. The third-order valence-electron chi connectivity index (χ3n) is 7.33. The molecule has 5 rings (SSSR count). The summed E-state index contributed by atoms with van der Waals surface area (Å²) in [6.45, 7) is 3.65. The van der Waals surface area contributed by atoms with Crippen LogP contribution in [0.15, 0.2) is 53.6 Å². The monoisotopic (exact) mass is 531 g/mol. The number of hydrogen-bond acceptors (Lipinski definition) is 4.